The molecule has 0 aromatic rings. The highest BCUT2D eigenvalue weighted by Crippen LogP contribution is 2.20. The van der Waals surface area contributed by atoms with Gasteiger partial charge in [0.15, 0.2) is 0 Å². The van der Waals surface area contributed by atoms with Crippen molar-refractivity contribution in [2.45, 2.75) is 450 Å². The van der Waals surface area contributed by atoms with Crippen molar-refractivity contribution in [3.63, 3.8) is 0 Å². The summed E-state index contributed by atoms with van der Waals surface area (Å²) in [6, 6.07) is -0.626. The van der Waals surface area contributed by atoms with Crippen molar-refractivity contribution < 1.29 is 24.5 Å². The van der Waals surface area contributed by atoms with Gasteiger partial charge in [-0.1, -0.05) is 405 Å². The summed E-state index contributed by atoms with van der Waals surface area (Å²) in [5.41, 5.74) is 0. The van der Waals surface area contributed by atoms with E-state index in [0.29, 0.717) is 19.4 Å². The fourth-order valence-electron chi connectivity index (χ4n) is 12.3. The number of aliphatic hydroxyl groups is 2. The lowest BCUT2D eigenvalue weighted by atomic mass is 10.0. The molecular formula is C76H149NO5. The number of carbonyl (C=O) groups is 2. The second-order valence-electron chi connectivity index (χ2n) is 26.4. The first kappa shape index (κ1) is 80.6. The van der Waals surface area contributed by atoms with E-state index < -0.39 is 12.1 Å². The predicted octanol–water partition coefficient (Wildman–Crippen LogP) is 24.7. The summed E-state index contributed by atoms with van der Waals surface area (Å²) in [7, 11) is 0. The molecule has 0 aliphatic carbocycles. The minimum absolute atomic E-state index is 0.0199. The van der Waals surface area contributed by atoms with Gasteiger partial charge in [-0.15, -0.1) is 0 Å². The van der Waals surface area contributed by atoms with Gasteiger partial charge in [0.25, 0.3) is 0 Å². The van der Waals surface area contributed by atoms with E-state index >= 15 is 0 Å². The number of allylic oxidation sites excluding steroid dienone is 1. The Kier molecular flexibility index (Phi) is 70.8. The number of esters is 1. The number of unbranched alkanes of at least 4 members (excludes halogenated alkanes) is 61. The van der Waals surface area contributed by atoms with Gasteiger partial charge in [0.1, 0.15) is 0 Å². The van der Waals surface area contributed by atoms with Crippen molar-refractivity contribution in [3.8, 4) is 0 Å². The molecule has 3 N–H and O–H groups in total. The molecule has 0 aromatic heterocycles. The number of rotatable bonds is 72. The van der Waals surface area contributed by atoms with Gasteiger partial charge in [-0.25, -0.2) is 0 Å². The van der Waals surface area contributed by atoms with E-state index in [1.165, 1.54) is 372 Å². The van der Waals surface area contributed by atoms with Gasteiger partial charge in [-0.2, -0.15) is 0 Å². The highest BCUT2D eigenvalue weighted by atomic mass is 16.5. The van der Waals surface area contributed by atoms with Gasteiger partial charge in [0, 0.05) is 12.8 Å². The van der Waals surface area contributed by atoms with Crippen LogP contribution >= 0.6 is 0 Å². The SMILES string of the molecule is CCCCCCCCCCCCCCCCCCCCCCCCC/C=C/C(O)C(CO)NC(=O)CCCCCCCCCCCCCCCCCCCCCCCCCCCCCCCOC(=O)CCCCCCCCCCCCC. The number of aliphatic hydroxyl groups excluding tert-OH is 2. The Morgan fingerprint density at radius 1 is 0.329 bits per heavy atom. The molecule has 0 heterocycles. The molecule has 0 spiro atoms. The fourth-order valence-corrected chi connectivity index (χ4v) is 12.3. The zero-order valence-electron chi connectivity index (χ0n) is 56.0. The molecule has 1 amide bonds. The van der Waals surface area contributed by atoms with E-state index in [-0.39, 0.29) is 18.5 Å². The van der Waals surface area contributed by atoms with Gasteiger partial charge >= 0.3 is 5.97 Å². The highest BCUT2D eigenvalue weighted by Gasteiger charge is 2.18. The third-order valence-corrected chi connectivity index (χ3v) is 18.1. The van der Waals surface area contributed by atoms with Crippen LogP contribution in [-0.4, -0.2) is 47.4 Å². The van der Waals surface area contributed by atoms with E-state index in [1.54, 1.807) is 6.08 Å². The van der Waals surface area contributed by atoms with Crippen LogP contribution in [0, 0.1) is 0 Å². The number of carbonyl (C=O) groups excluding carboxylic acids is 2. The highest BCUT2D eigenvalue weighted by molar-refractivity contribution is 5.76. The van der Waals surface area contributed by atoms with E-state index in [1.807, 2.05) is 6.08 Å². The average Bonchev–Trinajstić information content (AvgIpc) is 3.48. The molecule has 2 atom stereocenters. The Balaban J connectivity index is 3.37. The number of hydrogen-bond donors (Lipinski definition) is 3. The third-order valence-electron chi connectivity index (χ3n) is 18.1. The van der Waals surface area contributed by atoms with Gasteiger partial charge in [0.2, 0.25) is 5.91 Å². The minimum Gasteiger partial charge on any atom is -0.466 e. The summed E-state index contributed by atoms with van der Waals surface area (Å²) in [6.45, 7) is 4.95. The largest absolute Gasteiger partial charge is 0.466 e. The van der Waals surface area contributed by atoms with Crippen LogP contribution in [0.1, 0.15) is 438 Å². The molecule has 0 saturated heterocycles. The van der Waals surface area contributed by atoms with Crippen LogP contribution in [0.15, 0.2) is 12.2 Å². The zero-order valence-corrected chi connectivity index (χ0v) is 56.0. The summed E-state index contributed by atoms with van der Waals surface area (Å²) in [5.74, 6) is -0.0388. The van der Waals surface area contributed by atoms with Crippen LogP contribution in [0.5, 0.6) is 0 Å². The second kappa shape index (κ2) is 72.1. The summed E-state index contributed by atoms with van der Waals surface area (Å²) >= 11 is 0. The Morgan fingerprint density at radius 3 is 0.829 bits per heavy atom. The van der Waals surface area contributed by atoms with E-state index in [9.17, 15) is 19.8 Å². The van der Waals surface area contributed by atoms with Crippen molar-refractivity contribution in [3.05, 3.63) is 12.2 Å². The quantitative estimate of drug-likeness (QED) is 0.0320. The van der Waals surface area contributed by atoms with Crippen molar-refractivity contribution in [1.82, 2.24) is 5.32 Å². The van der Waals surface area contributed by atoms with Crippen LogP contribution in [0.4, 0.5) is 0 Å². The average molecular weight is 1160 g/mol. The van der Waals surface area contributed by atoms with Crippen LogP contribution < -0.4 is 5.32 Å². The Bertz CT molecular complexity index is 1240. The first-order valence-corrected chi connectivity index (χ1v) is 38.0. The molecule has 488 valence electrons. The number of ether oxygens (including phenoxy) is 1. The molecule has 0 rings (SSSR count). The lowest BCUT2D eigenvalue weighted by Crippen LogP contribution is -2.45. The summed E-state index contributed by atoms with van der Waals surface area (Å²) < 4.78 is 5.48. The molecule has 0 fully saturated rings. The van der Waals surface area contributed by atoms with Crippen molar-refractivity contribution in [1.29, 1.82) is 0 Å². The third kappa shape index (κ3) is 67.7. The molecule has 0 aliphatic heterocycles. The lowest BCUT2D eigenvalue weighted by molar-refractivity contribution is -0.143. The molecule has 0 aromatic carbocycles. The smallest absolute Gasteiger partial charge is 0.305 e. The van der Waals surface area contributed by atoms with Crippen LogP contribution in [0.2, 0.25) is 0 Å². The molecule has 0 saturated carbocycles. The van der Waals surface area contributed by atoms with Gasteiger partial charge in [-0.05, 0) is 32.1 Å². The van der Waals surface area contributed by atoms with E-state index in [0.717, 1.165) is 38.5 Å². The molecule has 6 nitrogen and oxygen atoms in total. The van der Waals surface area contributed by atoms with Crippen LogP contribution in [-0.2, 0) is 14.3 Å². The maximum absolute atomic E-state index is 12.5. The molecule has 0 bridgehead atoms. The van der Waals surface area contributed by atoms with E-state index in [2.05, 4.69) is 19.2 Å². The zero-order chi connectivity index (χ0) is 59.2. The Hall–Kier alpha value is -1.40. The molecule has 0 radical (unpaired) electrons. The first-order valence-electron chi connectivity index (χ1n) is 38.0. The minimum atomic E-state index is -0.843. The number of nitrogens with one attached hydrogen (secondary N) is 1. The molecule has 6 heteroatoms. The standard InChI is InChI=1S/C76H149NO5/c1-3-5-7-9-11-13-15-16-17-18-19-20-21-27-30-33-36-39-42-45-49-52-56-60-64-68-74(79)73(72-78)77-75(80)69-65-61-57-53-50-46-43-40-37-34-31-28-25-23-22-24-26-29-32-35-38-41-44-47-51-55-59-63-67-71-82-76(81)70-66-62-58-54-48-14-12-10-8-6-4-2/h64,68,73-74,78-79H,3-63,65-67,69-72H2,1-2H3,(H,77,80)/b68-64+. The van der Waals surface area contributed by atoms with Crippen molar-refractivity contribution in [2.24, 2.45) is 0 Å². The monoisotopic (exact) mass is 1160 g/mol. The maximum atomic E-state index is 12.5. The fraction of sp³-hybridized carbons (Fsp3) is 0.947. The lowest BCUT2D eigenvalue weighted by Gasteiger charge is -2.20. The Labute approximate surface area is 514 Å². The summed E-state index contributed by atoms with van der Waals surface area (Å²) in [4.78, 5) is 24.6. The summed E-state index contributed by atoms with van der Waals surface area (Å²) in [6.07, 6.45) is 90.4. The normalized spacial score (nSPS) is 12.5. The number of hydrogen-bond acceptors (Lipinski definition) is 5. The second-order valence-corrected chi connectivity index (χ2v) is 26.4. The molecule has 2 unspecified atom stereocenters. The number of amides is 1. The van der Waals surface area contributed by atoms with Crippen LogP contribution in [0.3, 0.4) is 0 Å². The Morgan fingerprint density at radius 2 is 0.561 bits per heavy atom. The molecular weight excluding hydrogens is 1010 g/mol. The van der Waals surface area contributed by atoms with Gasteiger partial charge in [0.05, 0.1) is 25.4 Å². The summed E-state index contributed by atoms with van der Waals surface area (Å²) in [5, 5.41) is 23.3. The molecule has 82 heavy (non-hydrogen) atoms. The van der Waals surface area contributed by atoms with Gasteiger partial charge in [-0.3, -0.25) is 9.59 Å². The van der Waals surface area contributed by atoms with Crippen LogP contribution in [0.25, 0.3) is 0 Å². The topological polar surface area (TPSA) is 95.9 Å². The van der Waals surface area contributed by atoms with Gasteiger partial charge < -0.3 is 20.3 Å². The predicted molar refractivity (Wildman–Crippen MR) is 361 cm³/mol. The van der Waals surface area contributed by atoms with Crippen molar-refractivity contribution in [2.75, 3.05) is 13.2 Å². The molecule has 0 aliphatic rings. The van der Waals surface area contributed by atoms with E-state index in [4.69, 9.17) is 4.74 Å². The first-order chi connectivity index (χ1) is 40.5. The maximum Gasteiger partial charge on any atom is 0.305 e. The van der Waals surface area contributed by atoms with Crippen molar-refractivity contribution >= 4 is 11.9 Å².